The predicted molar refractivity (Wildman–Crippen MR) is 71.9 cm³/mol. The van der Waals surface area contributed by atoms with Gasteiger partial charge < -0.3 is 0 Å². The van der Waals surface area contributed by atoms with Crippen LogP contribution in [0.2, 0.25) is 0 Å². The zero-order chi connectivity index (χ0) is 18.9. The predicted octanol–water partition coefficient (Wildman–Crippen LogP) is 4.56. The molecule has 0 saturated heterocycles. The van der Waals surface area contributed by atoms with E-state index in [1.807, 2.05) is 0 Å². The highest BCUT2D eigenvalue weighted by Gasteiger charge is 2.45. The molecule has 0 aliphatic heterocycles. The summed E-state index contributed by atoms with van der Waals surface area (Å²) < 4.78 is 117. The van der Waals surface area contributed by atoms with E-state index in [4.69, 9.17) is 0 Å². The standard InChI is InChI=1S/C14H11F7O2S/c1-3-5-6-7(4-2)24(22,23)13-11(17)9(15)8(14(19,20)21)10(16)12(13)18/h3,5-7H,1,4H2,2H3/b6-5-. The van der Waals surface area contributed by atoms with Gasteiger partial charge in [-0.3, -0.25) is 0 Å². The maximum Gasteiger partial charge on any atom is 0.422 e. The molecule has 0 N–H and O–H groups in total. The van der Waals surface area contributed by atoms with Crippen molar-refractivity contribution < 1.29 is 39.2 Å². The summed E-state index contributed by atoms with van der Waals surface area (Å²) in [6.07, 6.45) is -2.81. The van der Waals surface area contributed by atoms with Crippen LogP contribution in [0.3, 0.4) is 0 Å². The fourth-order valence-corrected chi connectivity index (χ4v) is 3.64. The number of rotatable bonds is 5. The Morgan fingerprint density at radius 3 is 1.83 bits per heavy atom. The molecule has 0 radical (unpaired) electrons. The minimum Gasteiger partial charge on any atom is -0.223 e. The van der Waals surface area contributed by atoms with Crippen LogP contribution in [0.5, 0.6) is 0 Å². The lowest BCUT2D eigenvalue weighted by Crippen LogP contribution is -2.24. The number of benzene rings is 1. The van der Waals surface area contributed by atoms with Crippen molar-refractivity contribution >= 4 is 9.84 Å². The van der Waals surface area contributed by atoms with Crippen LogP contribution in [0, 0.1) is 23.3 Å². The molecule has 1 atom stereocenters. The number of hydrogen-bond donors (Lipinski definition) is 0. The highest BCUT2D eigenvalue weighted by atomic mass is 32.2. The Kier molecular flexibility index (Phi) is 5.86. The lowest BCUT2D eigenvalue weighted by Gasteiger charge is -2.17. The molecule has 0 aliphatic rings. The van der Waals surface area contributed by atoms with E-state index in [0.717, 1.165) is 18.2 Å². The van der Waals surface area contributed by atoms with Crippen molar-refractivity contribution in [2.24, 2.45) is 0 Å². The molecule has 0 aromatic heterocycles. The summed E-state index contributed by atoms with van der Waals surface area (Å²) in [5, 5.41) is -1.62. The molecule has 10 heteroatoms. The topological polar surface area (TPSA) is 34.1 Å². The first-order valence-corrected chi connectivity index (χ1v) is 7.92. The largest absolute Gasteiger partial charge is 0.422 e. The summed E-state index contributed by atoms with van der Waals surface area (Å²) in [6, 6.07) is 0. The zero-order valence-electron chi connectivity index (χ0n) is 12.1. The first kappa shape index (κ1) is 20.2. The van der Waals surface area contributed by atoms with Gasteiger partial charge in [0.15, 0.2) is 33.1 Å². The van der Waals surface area contributed by atoms with Crippen LogP contribution < -0.4 is 0 Å². The summed E-state index contributed by atoms with van der Waals surface area (Å²) in [5.74, 6) is -10.9. The smallest absolute Gasteiger partial charge is 0.223 e. The van der Waals surface area contributed by atoms with Gasteiger partial charge in [0.05, 0.1) is 5.25 Å². The minimum atomic E-state index is -5.75. The van der Waals surface area contributed by atoms with Gasteiger partial charge in [0.25, 0.3) is 0 Å². The molecule has 0 aliphatic carbocycles. The van der Waals surface area contributed by atoms with Gasteiger partial charge in [-0.1, -0.05) is 31.7 Å². The van der Waals surface area contributed by atoms with Crippen LogP contribution in [0.25, 0.3) is 0 Å². The van der Waals surface area contributed by atoms with Gasteiger partial charge in [-0.2, -0.15) is 13.2 Å². The summed E-state index contributed by atoms with van der Waals surface area (Å²) in [6.45, 7) is 4.54. The molecule has 0 saturated carbocycles. The second kappa shape index (κ2) is 6.96. The van der Waals surface area contributed by atoms with Gasteiger partial charge in [-0.05, 0) is 6.42 Å². The van der Waals surface area contributed by atoms with Crippen LogP contribution in [-0.4, -0.2) is 13.7 Å². The number of halogens is 7. The Balaban J connectivity index is 3.80. The molecule has 24 heavy (non-hydrogen) atoms. The fraction of sp³-hybridized carbons (Fsp3) is 0.286. The van der Waals surface area contributed by atoms with Crippen LogP contribution in [0.15, 0.2) is 29.7 Å². The maximum atomic E-state index is 13.8. The van der Waals surface area contributed by atoms with Crippen molar-refractivity contribution in [3.8, 4) is 0 Å². The van der Waals surface area contributed by atoms with Crippen LogP contribution in [0.4, 0.5) is 30.7 Å². The van der Waals surface area contributed by atoms with Gasteiger partial charge in [-0.15, -0.1) is 0 Å². The van der Waals surface area contributed by atoms with Crippen molar-refractivity contribution in [3.05, 3.63) is 53.6 Å². The quantitative estimate of drug-likeness (QED) is 0.429. The molecular weight excluding hydrogens is 365 g/mol. The Hall–Kier alpha value is -1.84. The summed E-state index contributed by atoms with van der Waals surface area (Å²) in [5.41, 5.74) is -2.83. The molecule has 1 unspecified atom stereocenters. The summed E-state index contributed by atoms with van der Waals surface area (Å²) in [4.78, 5) is -2.08. The lowest BCUT2D eigenvalue weighted by atomic mass is 10.1. The van der Waals surface area contributed by atoms with Gasteiger partial charge in [0.2, 0.25) is 0 Å². The third-order valence-electron chi connectivity index (χ3n) is 3.05. The average molecular weight is 376 g/mol. The van der Waals surface area contributed by atoms with E-state index in [2.05, 4.69) is 6.58 Å². The van der Waals surface area contributed by atoms with E-state index in [-0.39, 0.29) is 6.42 Å². The van der Waals surface area contributed by atoms with E-state index in [1.54, 1.807) is 0 Å². The molecule has 1 aromatic rings. The number of alkyl halides is 3. The van der Waals surface area contributed by atoms with E-state index < -0.39 is 55.0 Å². The molecule has 0 amide bonds. The Morgan fingerprint density at radius 1 is 1.04 bits per heavy atom. The fourth-order valence-electron chi connectivity index (χ4n) is 1.92. The van der Waals surface area contributed by atoms with Crippen molar-refractivity contribution in [1.82, 2.24) is 0 Å². The van der Waals surface area contributed by atoms with Crippen molar-refractivity contribution in [1.29, 1.82) is 0 Å². The monoisotopic (exact) mass is 376 g/mol. The molecule has 0 fully saturated rings. The van der Waals surface area contributed by atoms with Crippen molar-refractivity contribution in [3.63, 3.8) is 0 Å². The Labute approximate surface area is 133 Å². The molecule has 2 nitrogen and oxygen atoms in total. The first-order chi connectivity index (χ1) is 10.9. The molecule has 0 bridgehead atoms. The van der Waals surface area contributed by atoms with E-state index >= 15 is 0 Å². The van der Waals surface area contributed by atoms with E-state index in [9.17, 15) is 39.2 Å². The number of hydrogen-bond acceptors (Lipinski definition) is 2. The molecule has 1 aromatic carbocycles. The van der Waals surface area contributed by atoms with Gasteiger partial charge in [-0.25, -0.2) is 26.0 Å². The van der Waals surface area contributed by atoms with E-state index in [0.29, 0.717) is 0 Å². The van der Waals surface area contributed by atoms with Gasteiger partial charge in [0.1, 0.15) is 10.5 Å². The molecule has 1 rings (SSSR count). The minimum absolute atomic E-state index is 0.254. The van der Waals surface area contributed by atoms with Crippen molar-refractivity contribution in [2.45, 2.75) is 29.7 Å². The molecular formula is C14H11F7O2S. The van der Waals surface area contributed by atoms with Gasteiger partial charge >= 0.3 is 6.18 Å². The average Bonchev–Trinajstić information content (AvgIpc) is 2.44. The van der Waals surface area contributed by atoms with Crippen LogP contribution in [-0.2, 0) is 16.0 Å². The first-order valence-electron chi connectivity index (χ1n) is 6.37. The molecule has 0 spiro atoms. The maximum absolute atomic E-state index is 13.8. The van der Waals surface area contributed by atoms with Crippen LogP contribution in [0.1, 0.15) is 18.9 Å². The Morgan fingerprint density at radius 2 is 1.50 bits per heavy atom. The molecule has 134 valence electrons. The second-order valence-corrected chi connectivity index (χ2v) is 6.67. The van der Waals surface area contributed by atoms with E-state index in [1.165, 1.54) is 6.92 Å². The third-order valence-corrected chi connectivity index (χ3v) is 5.27. The van der Waals surface area contributed by atoms with Crippen molar-refractivity contribution in [2.75, 3.05) is 0 Å². The normalized spacial score (nSPS) is 14.2. The second-order valence-electron chi connectivity index (χ2n) is 4.57. The third kappa shape index (κ3) is 3.47. The highest BCUT2D eigenvalue weighted by molar-refractivity contribution is 7.92. The molecule has 0 heterocycles. The SMILES string of the molecule is C=C/C=C\C(CC)S(=O)(=O)c1c(F)c(F)c(C(F)(F)F)c(F)c1F. The summed E-state index contributed by atoms with van der Waals surface area (Å²) >= 11 is 0. The Bertz CT molecular complexity index is 750. The zero-order valence-corrected chi connectivity index (χ0v) is 12.9. The number of allylic oxidation sites excluding steroid dienone is 2. The lowest BCUT2D eigenvalue weighted by molar-refractivity contribution is -0.143. The number of sulfone groups is 1. The highest BCUT2D eigenvalue weighted by Crippen LogP contribution is 2.39. The summed E-state index contributed by atoms with van der Waals surface area (Å²) in [7, 11) is -5.02. The van der Waals surface area contributed by atoms with Gasteiger partial charge in [0, 0.05) is 0 Å². The van der Waals surface area contributed by atoms with Crippen LogP contribution >= 0.6 is 0 Å².